The monoisotopic (exact) mass is 297 g/mol. The molecule has 114 valence electrons. The molecule has 2 N–H and O–H groups in total. The van der Waals surface area contributed by atoms with E-state index in [1.807, 2.05) is 42.5 Å². The second-order valence-corrected chi connectivity index (χ2v) is 4.98. The van der Waals surface area contributed by atoms with Crippen LogP contribution in [0.1, 0.15) is 23.2 Å². The van der Waals surface area contributed by atoms with Gasteiger partial charge in [0.2, 0.25) is 0 Å². The van der Waals surface area contributed by atoms with Gasteiger partial charge in [0.15, 0.2) is 0 Å². The van der Waals surface area contributed by atoms with E-state index in [9.17, 15) is 9.90 Å². The van der Waals surface area contributed by atoms with Crippen LogP contribution in [0.25, 0.3) is 11.1 Å². The quantitative estimate of drug-likeness (QED) is 0.608. The number of rotatable bonds is 7. The third kappa shape index (κ3) is 4.53. The number of ether oxygens (including phenoxy) is 1. The summed E-state index contributed by atoms with van der Waals surface area (Å²) in [6, 6.07) is 17.1. The fourth-order valence-corrected chi connectivity index (χ4v) is 2.04. The van der Waals surface area contributed by atoms with Crippen LogP contribution in [-0.2, 0) is 4.74 Å². The van der Waals surface area contributed by atoms with Gasteiger partial charge in [0.25, 0.3) is 0 Å². The molecule has 0 saturated heterocycles. The van der Waals surface area contributed by atoms with Crippen molar-refractivity contribution in [3.8, 4) is 11.1 Å². The van der Waals surface area contributed by atoms with Crippen LogP contribution in [0.15, 0.2) is 54.6 Å². The first-order valence-corrected chi connectivity index (χ1v) is 7.20. The number of aliphatic hydroxyl groups is 1. The molecule has 0 radical (unpaired) electrons. The van der Waals surface area contributed by atoms with Crippen LogP contribution in [0.2, 0.25) is 0 Å². The Kier molecular flexibility index (Phi) is 5.86. The first kappa shape index (κ1) is 15.9. The molecule has 4 heteroatoms. The van der Waals surface area contributed by atoms with E-state index in [0.717, 1.165) is 11.1 Å². The van der Waals surface area contributed by atoms with Crippen molar-refractivity contribution in [1.82, 2.24) is 0 Å². The number of aliphatic hydroxyl groups excluding tert-OH is 1. The standard InChI is InChI=1S/C18H19NO3/c19-12-4-7-17(20)13-22-18(21)16-10-8-15(9-11-16)14-5-2-1-3-6-14/h1-3,5-6,8-12,17,19-20H,4,7,13H2/t17-/m0/s1. The number of hydrogen-bond acceptors (Lipinski definition) is 4. The minimum atomic E-state index is -0.728. The zero-order valence-corrected chi connectivity index (χ0v) is 12.2. The molecule has 2 rings (SSSR count). The van der Waals surface area contributed by atoms with Crippen molar-refractivity contribution in [3.63, 3.8) is 0 Å². The maximum Gasteiger partial charge on any atom is 0.338 e. The molecule has 4 nitrogen and oxygen atoms in total. The van der Waals surface area contributed by atoms with Gasteiger partial charge >= 0.3 is 5.97 Å². The van der Waals surface area contributed by atoms with E-state index in [0.29, 0.717) is 18.4 Å². The molecule has 0 bridgehead atoms. The molecule has 0 aliphatic rings. The van der Waals surface area contributed by atoms with E-state index >= 15 is 0 Å². The third-order valence-corrected chi connectivity index (χ3v) is 3.28. The number of benzene rings is 2. The van der Waals surface area contributed by atoms with Gasteiger partial charge in [-0.2, -0.15) is 0 Å². The van der Waals surface area contributed by atoms with Gasteiger partial charge in [-0.05, 0) is 42.3 Å². The number of carbonyl (C=O) groups excluding carboxylic acids is 1. The van der Waals surface area contributed by atoms with Crippen LogP contribution in [0, 0.1) is 5.41 Å². The second-order valence-electron chi connectivity index (χ2n) is 4.98. The summed E-state index contributed by atoms with van der Waals surface area (Å²) in [6.45, 7) is -0.0485. The van der Waals surface area contributed by atoms with E-state index in [4.69, 9.17) is 10.1 Å². The molecule has 0 aliphatic heterocycles. The normalized spacial score (nSPS) is 11.7. The maximum absolute atomic E-state index is 11.9. The molecule has 2 aromatic rings. The first-order chi connectivity index (χ1) is 10.7. The van der Waals surface area contributed by atoms with Crippen LogP contribution in [0.3, 0.4) is 0 Å². The molecule has 0 aliphatic carbocycles. The highest BCUT2D eigenvalue weighted by atomic mass is 16.5. The summed E-state index contributed by atoms with van der Waals surface area (Å²) in [7, 11) is 0. The first-order valence-electron chi connectivity index (χ1n) is 7.20. The minimum absolute atomic E-state index is 0.0485. The number of esters is 1. The summed E-state index contributed by atoms with van der Waals surface area (Å²) in [5.41, 5.74) is 2.58. The molecule has 0 spiro atoms. The summed E-state index contributed by atoms with van der Waals surface area (Å²) in [6.07, 6.45) is 1.40. The molecule has 0 saturated carbocycles. The minimum Gasteiger partial charge on any atom is -0.459 e. The van der Waals surface area contributed by atoms with Crippen molar-refractivity contribution in [1.29, 1.82) is 5.41 Å². The van der Waals surface area contributed by atoms with Crippen LogP contribution < -0.4 is 0 Å². The van der Waals surface area contributed by atoms with Crippen molar-refractivity contribution in [3.05, 3.63) is 60.2 Å². The molecule has 0 fully saturated rings. The van der Waals surface area contributed by atoms with E-state index in [1.54, 1.807) is 12.1 Å². The zero-order valence-electron chi connectivity index (χ0n) is 12.2. The van der Waals surface area contributed by atoms with Gasteiger partial charge in [-0.15, -0.1) is 0 Å². The van der Waals surface area contributed by atoms with Crippen LogP contribution in [0.4, 0.5) is 0 Å². The van der Waals surface area contributed by atoms with E-state index < -0.39 is 12.1 Å². The summed E-state index contributed by atoms with van der Waals surface area (Å²) < 4.78 is 5.07. The third-order valence-electron chi connectivity index (χ3n) is 3.28. The fraction of sp³-hybridized carbons (Fsp3) is 0.222. The maximum atomic E-state index is 11.9. The number of nitrogens with one attached hydrogen (secondary N) is 1. The average molecular weight is 297 g/mol. The summed E-state index contributed by atoms with van der Waals surface area (Å²) in [5, 5.41) is 16.5. The van der Waals surface area contributed by atoms with Crippen LogP contribution in [0.5, 0.6) is 0 Å². The number of carbonyl (C=O) groups is 1. The topological polar surface area (TPSA) is 70.4 Å². The molecule has 0 aromatic heterocycles. The Morgan fingerprint density at radius 1 is 1.09 bits per heavy atom. The lowest BCUT2D eigenvalue weighted by Gasteiger charge is -2.10. The summed E-state index contributed by atoms with van der Waals surface area (Å²) >= 11 is 0. The fourth-order valence-electron chi connectivity index (χ4n) is 2.04. The molecule has 0 amide bonds. The lowest BCUT2D eigenvalue weighted by atomic mass is 10.0. The lowest BCUT2D eigenvalue weighted by molar-refractivity contribution is 0.0244. The van der Waals surface area contributed by atoms with Gasteiger partial charge in [0.1, 0.15) is 6.61 Å². The van der Waals surface area contributed by atoms with Gasteiger partial charge in [-0.1, -0.05) is 42.5 Å². The van der Waals surface area contributed by atoms with E-state index in [2.05, 4.69) is 0 Å². The molecular weight excluding hydrogens is 278 g/mol. The SMILES string of the molecule is N=CCC[C@H](O)COC(=O)c1ccc(-c2ccccc2)cc1. The van der Waals surface area contributed by atoms with Crippen molar-refractivity contribution in [2.24, 2.45) is 0 Å². The van der Waals surface area contributed by atoms with Gasteiger partial charge < -0.3 is 15.3 Å². The molecule has 2 aromatic carbocycles. The predicted molar refractivity (Wildman–Crippen MR) is 86.2 cm³/mol. The predicted octanol–water partition coefficient (Wildman–Crippen LogP) is 3.30. The Bertz CT molecular complexity index is 608. The van der Waals surface area contributed by atoms with Crippen molar-refractivity contribution in [2.45, 2.75) is 18.9 Å². The molecular formula is C18H19NO3. The Balaban J connectivity index is 1.92. The smallest absolute Gasteiger partial charge is 0.338 e. The van der Waals surface area contributed by atoms with Gasteiger partial charge in [-0.3, -0.25) is 0 Å². The van der Waals surface area contributed by atoms with Gasteiger partial charge in [0, 0.05) is 0 Å². The van der Waals surface area contributed by atoms with Crippen LogP contribution in [-0.4, -0.2) is 30.0 Å². The average Bonchev–Trinajstić information content (AvgIpc) is 2.58. The van der Waals surface area contributed by atoms with Crippen molar-refractivity contribution >= 4 is 12.2 Å². The Hall–Kier alpha value is -2.46. The summed E-state index contributed by atoms with van der Waals surface area (Å²) in [4.78, 5) is 11.9. The second kappa shape index (κ2) is 8.10. The highest BCUT2D eigenvalue weighted by Gasteiger charge is 2.10. The molecule has 0 unspecified atom stereocenters. The Morgan fingerprint density at radius 2 is 1.73 bits per heavy atom. The highest BCUT2D eigenvalue weighted by molar-refractivity contribution is 5.90. The highest BCUT2D eigenvalue weighted by Crippen LogP contribution is 2.19. The summed E-state index contributed by atoms with van der Waals surface area (Å²) in [5.74, 6) is -0.450. The lowest BCUT2D eigenvalue weighted by Crippen LogP contribution is -2.18. The van der Waals surface area contributed by atoms with E-state index in [1.165, 1.54) is 6.21 Å². The van der Waals surface area contributed by atoms with Crippen molar-refractivity contribution < 1.29 is 14.6 Å². The molecule has 22 heavy (non-hydrogen) atoms. The zero-order chi connectivity index (χ0) is 15.8. The van der Waals surface area contributed by atoms with Gasteiger partial charge in [-0.25, -0.2) is 4.79 Å². The van der Waals surface area contributed by atoms with Crippen molar-refractivity contribution in [2.75, 3.05) is 6.61 Å². The Labute approximate surface area is 129 Å². The van der Waals surface area contributed by atoms with E-state index in [-0.39, 0.29) is 6.61 Å². The largest absolute Gasteiger partial charge is 0.459 e. The Morgan fingerprint density at radius 3 is 2.36 bits per heavy atom. The molecule has 1 atom stereocenters. The van der Waals surface area contributed by atoms with Crippen LogP contribution >= 0.6 is 0 Å². The van der Waals surface area contributed by atoms with Gasteiger partial charge in [0.05, 0.1) is 11.7 Å². The number of hydrogen-bond donors (Lipinski definition) is 2. The molecule has 0 heterocycles.